The van der Waals surface area contributed by atoms with Crippen LogP contribution in [0.15, 0.2) is 30.7 Å². The third kappa shape index (κ3) is 5.30. The standard InChI is InChI=1S/C28H37FN4O3/c29-22-5-6-24(25(15-22)35-23-3-1-2-4-23)36-26-16-30-20-31-27(26)33-12-10-28(19-33)9-11-32(18-28)17-21-7-13-34-14-8-21/h5-6,15-16,20-21,23H,1-4,7-14,17-19H2. The summed E-state index contributed by atoms with van der Waals surface area (Å²) in [6.07, 6.45) is 12.5. The molecule has 1 aromatic carbocycles. The molecule has 0 N–H and O–H groups in total. The predicted octanol–water partition coefficient (Wildman–Crippen LogP) is 5.06. The first-order chi connectivity index (χ1) is 17.7. The maximum absolute atomic E-state index is 14.1. The molecule has 3 aliphatic heterocycles. The van der Waals surface area contributed by atoms with Gasteiger partial charge in [0.1, 0.15) is 12.1 Å². The lowest BCUT2D eigenvalue weighted by atomic mass is 9.86. The smallest absolute Gasteiger partial charge is 0.188 e. The molecule has 7 nitrogen and oxygen atoms in total. The molecule has 4 fully saturated rings. The van der Waals surface area contributed by atoms with Gasteiger partial charge in [-0.2, -0.15) is 0 Å². The molecule has 1 atom stereocenters. The van der Waals surface area contributed by atoms with Crippen molar-refractivity contribution in [3.63, 3.8) is 0 Å². The van der Waals surface area contributed by atoms with E-state index in [0.29, 0.717) is 22.7 Å². The van der Waals surface area contributed by atoms with E-state index < -0.39 is 0 Å². The molecule has 194 valence electrons. The quantitative estimate of drug-likeness (QED) is 0.531. The lowest BCUT2D eigenvalue weighted by Gasteiger charge is -2.29. The highest BCUT2D eigenvalue weighted by atomic mass is 19.1. The van der Waals surface area contributed by atoms with Gasteiger partial charge in [-0.3, -0.25) is 0 Å². The number of benzene rings is 1. The summed E-state index contributed by atoms with van der Waals surface area (Å²) in [5, 5.41) is 0. The second kappa shape index (κ2) is 10.5. The van der Waals surface area contributed by atoms with Crippen LogP contribution in [0.4, 0.5) is 10.2 Å². The van der Waals surface area contributed by atoms with E-state index in [-0.39, 0.29) is 11.9 Å². The van der Waals surface area contributed by atoms with E-state index in [2.05, 4.69) is 19.8 Å². The van der Waals surface area contributed by atoms with Crippen molar-refractivity contribution in [3.05, 3.63) is 36.5 Å². The van der Waals surface area contributed by atoms with E-state index in [1.165, 1.54) is 44.5 Å². The van der Waals surface area contributed by atoms with Gasteiger partial charge in [-0.25, -0.2) is 14.4 Å². The Morgan fingerprint density at radius 1 is 1.00 bits per heavy atom. The zero-order valence-corrected chi connectivity index (χ0v) is 21.0. The Bertz CT molecular complexity index is 1040. The van der Waals surface area contributed by atoms with E-state index >= 15 is 0 Å². The molecule has 0 amide bonds. The maximum atomic E-state index is 14.1. The molecule has 4 heterocycles. The molecule has 8 heteroatoms. The molecule has 0 bridgehead atoms. The van der Waals surface area contributed by atoms with Crippen LogP contribution in [0, 0.1) is 17.2 Å². The summed E-state index contributed by atoms with van der Waals surface area (Å²) < 4.78 is 32.1. The molecule has 3 saturated heterocycles. The number of likely N-dealkylation sites (tertiary alicyclic amines) is 1. The van der Waals surface area contributed by atoms with Crippen LogP contribution in [0.25, 0.3) is 0 Å². The third-order valence-electron chi connectivity index (χ3n) is 8.49. The summed E-state index contributed by atoms with van der Waals surface area (Å²) in [5.41, 5.74) is 0.306. The lowest BCUT2D eigenvalue weighted by molar-refractivity contribution is 0.0543. The van der Waals surface area contributed by atoms with Crippen molar-refractivity contribution in [1.82, 2.24) is 14.9 Å². The number of anilines is 1. The van der Waals surface area contributed by atoms with Crippen molar-refractivity contribution in [2.75, 3.05) is 50.8 Å². The summed E-state index contributed by atoms with van der Waals surface area (Å²) in [5.74, 6) is 2.80. The lowest BCUT2D eigenvalue weighted by Crippen LogP contribution is -2.34. The first-order valence-electron chi connectivity index (χ1n) is 13.6. The van der Waals surface area contributed by atoms with Crippen molar-refractivity contribution in [1.29, 1.82) is 0 Å². The number of rotatable bonds is 7. The van der Waals surface area contributed by atoms with Gasteiger partial charge in [0.2, 0.25) is 0 Å². The van der Waals surface area contributed by atoms with E-state index in [1.54, 1.807) is 18.6 Å². The van der Waals surface area contributed by atoms with Gasteiger partial charge in [-0.05, 0) is 76.0 Å². The summed E-state index contributed by atoms with van der Waals surface area (Å²) in [7, 11) is 0. The average molecular weight is 497 g/mol. The minimum absolute atomic E-state index is 0.116. The van der Waals surface area contributed by atoms with Crippen LogP contribution in [0.2, 0.25) is 0 Å². The van der Waals surface area contributed by atoms with Gasteiger partial charge in [0.25, 0.3) is 0 Å². The van der Waals surface area contributed by atoms with Crippen LogP contribution < -0.4 is 14.4 Å². The number of halogens is 1. The number of ether oxygens (including phenoxy) is 3. The van der Waals surface area contributed by atoms with Crippen LogP contribution in [-0.4, -0.2) is 66.9 Å². The first-order valence-corrected chi connectivity index (χ1v) is 13.6. The van der Waals surface area contributed by atoms with Crippen molar-refractivity contribution in [3.8, 4) is 17.2 Å². The molecule has 1 spiro atoms. The molecule has 1 aliphatic carbocycles. The predicted molar refractivity (Wildman–Crippen MR) is 135 cm³/mol. The summed E-state index contributed by atoms with van der Waals surface area (Å²) in [4.78, 5) is 13.9. The molecule has 1 saturated carbocycles. The molecular weight excluding hydrogens is 459 g/mol. The highest BCUT2D eigenvalue weighted by molar-refractivity contribution is 5.55. The topological polar surface area (TPSA) is 60.0 Å². The molecule has 2 aromatic rings. The van der Waals surface area contributed by atoms with E-state index in [9.17, 15) is 4.39 Å². The zero-order chi connectivity index (χ0) is 24.4. The largest absolute Gasteiger partial charge is 0.486 e. The van der Waals surface area contributed by atoms with Gasteiger partial charge in [-0.1, -0.05) is 0 Å². The summed E-state index contributed by atoms with van der Waals surface area (Å²) in [6.45, 7) is 7.27. The van der Waals surface area contributed by atoms with Crippen LogP contribution >= 0.6 is 0 Å². The Morgan fingerprint density at radius 3 is 2.69 bits per heavy atom. The van der Waals surface area contributed by atoms with E-state index in [4.69, 9.17) is 14.2 Å². The fourth-order valence-electron chi connectivity index (χ4n) is 6.51. The van der Waals surface area contributed by atoms with Crippen LogP contribution in [-0.2, 0) is 4.74 Å². The van der Waals surface area contributed by atoms with Gasteiger partial charge >= 0.3 is 0 Å². The number of aromatic nitrogens is 2. The molecule has 0 radical (unpaired) electrons. The summed E-state index contributed by atoms with van der Waals surface area (Å²) in [6, 6.07) is 4.48. The van der Waals surface area contributed by atoms with Crippen LogP contribution in [0.1, 0.15) is 51.4 Å². The molecule has 1 aromatic heterocycles. The third-order valence-corrected chi connectivity index (χ3v) is 8.49. The summed E-state index contributed by atoms with van der Waals surface area (Å²) >= 11 is 0. The molecular formula is C28H37FN4O3. The minimum Gasteiger partial charge on any atom is -0.486 e. The second-order valence-corrected chi connectivity index (χ2v) is 11.1. The minimum atomic E-state index is -0.326. The van der Waals surface area contributed by atoms with Crippen molar-refractivity contribution in [2.45, 2.75) is 57.5 Å². The Balaban J connectivity index is 1.14. The fourth-order valence-corrected chi connectivity index (χ4v) is 6.51. The van der Waals surface area contributed by atoms with Gasteiger partial charge in [-0.15, -0.1) is 0 Å². The highest BCUT2D eigenvalue weighted by Gasteiger charge is 2.44. The van der Waals surface area contributed by atoms with E-state index in [1.807, 2.05) is 0 Å². The zero-order valence-electron chi connectivity index (χ0n) is 21.0. The molecule has 1 unspecified atom stereocenters. The van der Waals surface area contributed by atoms with Gasteiger partial charge in [0.15, 0.2) is 23.1 Å². The monoisotopic (exact) mass is 496 g/mol. The fraction of sp³-hybridized carbons (Fsp3) is 0.643. The highest BCUT2D eigenvalue weighted by Crippen LogP contribution is 2.44. The number of nitrogens with zero attached hydrogens (tertiary/aromatic N) is 4. The Labute approximate surface area is 212 Å². The van der Waals surface area contributed by atoms with Gasteiger partial charge in [0, 0.05) is 50.9 Å². The Kier molecular flexibility index (Phi) is 6.98. The normalized spacial score (nSPS) is 25.8. The Morgan fingerprint density at radius 2 is 1.83 bits per heavy atom. The number of hydrogen-bond acceptors (Lipinski definition) is 7. The maximum Gasteiger partial charge on any atom is 0.188 e. The SMILES string of the molecule is Fc1ccc(Oc2cncnc2N2CCC3(CCN(CC4CCOCC4)C3)C2)c(OC2CCCC2)c1. The van der Waals surface area contributed by atoms with Crippen molar-refractivity contribution < 1.29 is 18.6 Å². The number of hydrogen-bond donors (Lipinski definition) is 0. The van der Waals surface area contributed by atoms with Crippen LogP contribution in [0.5, 0.6) is 17.2 Å². The first kappa shape index (κ1) is 23.9. The van der Waals surface area contributed by atoms with Crippen molar-refractivity contribution in [2.24, 2.45) is 11.3 Å². The molecule has 36 heavy (non-hydrogen) atoms. The molecule has 4 aliphatic rings. The molecule has 6 rings (SSSR count). The van der Waals surface area contributed by atoms with Crippen LogP contribution in [0.3, 0.4) is 0 Å². The second-order valence-electron chi connectivity index (χ2n) is 11.1. The van der Waals surface area contributed by atoms with Crippen molar-refractivity contribution >= 4 is 5.82 Å². The van der Waals surface area contributed by atoms with E-state index in [0.717, 1.165) is 76.7 Å². The average Bonchev–Trinajstić information content (AvgIpc) is 3.65. The Hall–Kier alpha value is -2.45. The van der Waals surface area contributed by atoms with Gasteiger partial charge < -0.3 is 24.0 Å². The van der Waals surface area contributed by atoms with Gasteiger partial charge in [0.05, 0.1) is 12.3 Å².